The van der Waals surface area contributed by atoms with Crippen LogP contribution in [0.25, 0.3) is 10.4 Å². The van der Waals surface area contributed by atoms with Gasteiger partial charge in [0, 0.05) is 11.8 Å². The molecule has 3 heterocycles. The largest absolute Gasteiger partial charge is 0.471 e. The van der Waals surface area contributed by atoms with E-state index in [-0.39, 0.29) is 38.9 Å². The van der Waals surface area contributed by atoms with Gasteiger partial charge >= 0.3 is 66.0 Å². The van der Waals surface area contributed by atoms with Gasteiger partial charge in [0.15, 0.2) is 55.4 Å². The number of halogens is 6. The van der Waals surface area contributed by atoms with Gasteiger partial charge in [-0.1, -0.05) is 133 Å². The van der Waals surface area contributed by atoms with E-state index in [0.29, 0.717) is 0 Å². The minimum atomic E-state index is -5.84. The topological polar surface area (TPSA) is 366 Å². The van der Waals surface area contributed by atoms with Crippen LogP contribution in [-0.4, -0.2) is 184 Å². The average Bonchev–Trinajstić information content (AvgIpc) is 0.777. The second-order valence-corrected chi connectivity index (χ2v) is 23.6. The maximum atomic E-state index is 14.9. The third-order valence-corrected chi connectivity index (χ3v) is 16.4. The molecule has 558 valence electrons. The van der Waals surface area contributed by atoms with Crippen molar-refractivity contribution in [3.05, 3.63) is 262 Å². The van der Waals surface area contributed by atoms with Gasteiger partial charge in [-0.05, 0) is 90.5 Å². The van der Waals surface area contributed by atoms with Crippen molar-refractivity contribution in [2.75, 3.05) is 19.8 Å². The maximum Gasteiger partial charge on any atom is 0.471 e. The van der Waals surface area contributed by atoms with Crippen molar-refractivity contribution in [2.45, 2.75) is 111 Å². The smallest absolute Gasteiger partial charge is 0.459 e. The summed E-state index contributed by atoms with van der Waals surface area (Å²) in [4.78, 5) is 143. The van der Waals surface area contributed by atoms with Crippen LogP contribution in [0.3, 0.4) is 0 Å². The molecule has 15 atom stereocenters. The Kier molecular flexibility index (Phi) is 25.8. The number of carbonyl (C=O) groups excluding carboxylic acids is 10. The maximum absolute atomic E-state index is 14.9. The van der Waals surface area contributed by atoms with Crippen LogP contribution < -0.4 is 16.0 Å². The SMILES string of the molecule is CC(=O)N[C@@H]1[C@@H](OC(=O)c2ccccc2)[C@H](OC(=O)c2ccccc2)[C@@H](CO[C@@H]2O[C@H](CO[C@@H]3O[C@H](COC(=O)c4ccccc4)[C@@H](OC(=O)c4ccccc4)[C@H](OC(=O)c4ccccc4)[C@H]3NC(=O)C(F)(F)F)[C@@H](OC(=O)c3ccccc3)[C@H](OC(=O)c3ccccc3)[C@H]2NC(=O)C(F)(F)F)O[C@H]1N=[N+]=[N-]. The van der Waals surface area contributed by atoms with Crippen LogP contribution in [0.2, 0.25) is 0 Å². The van der Waals surface area contributed by atoms with Crippen molar-refractivity contribution in [2.24, 2.45) is 5.11 Å². The molecule has 7 aromatic rings. The molecule has 3 N–H and O–H groups in total. The predicted molar refractivity (Wildman–Crippen MR) is 351 cm³/mol. The Morgan fingerprint density at radius 3 is 0.888 bits per heavy atom. The highest BCUT2D eigenvalue weighted by molar-refractivity contribution is 5.93. The van der Waals surface area contributed by atoms with E-state index in [1.807, 2.05) is 0 Å². The molecule has 34 heteroatoms. The third kappa shape index (κ3) is 20.3. The van der Waals surface area contributed by atoms with Crippen molar-refractivity contribution < 1.29 is 131 Å². The van der Waals surface area contributed by atoms with Crippen molar-refractivity contribution >= 4 is 59.5 Å². The minimum absolute atomic E-state index is 0.0828. The molecule has 10 rings (SSSR count). The Balaban J connectivity index is 1.12. The van der Waals surface area contributed by atoms with Gasteiger partial charge in [0.2, 0.25) is 5.91 Å². The number of hydrogen-bond donors (Lipinski definition) is 3. The first-order valence-electron chi connectivity index (χ1n) is 32.4. The molecule has 0 saturated carbocycles. The number of nitrogens with zero attached hydrogens (tertiary/aromatic N) is 3. The monoisotopic (exact) mass is 1490 g/mol. The lowest BCUT2D eigenvalue weighted by atomic mass is 9.94. The van der Waals surface area contributed by atoms with E-state index in [1.54, 1.807) is 22.8 Å². The van der Waals surface area contributed by atoms with E-state index < -0.39 is 184 Å². The Hall–Kier alpha value is -12.1. The number of alkyl halides is 6. The molecule has 0 aliphatic carbocycles. The fraction of sp³-hybridized carbons (Fsp3) is 0.288. The Morgan fingerprint density at radius 2 is 0.617 bits per heavy atom. The number of rotatable bonds is 25. The molecule has 3 aliphatic heterocycles. The second kappa shape index (κ2) is 35.6. The van der Waals surface area contributed by atoms with Crippen molar-refractivity contribution in [1.29, 1.82) is 0 Å². The first-order valence-corrected chi connectivity index (χ1v) is 32.4. The van der Waals surface area contributed by atoms with Gasteiger partial charge in [-0.2, -0.15) is 26.3 Å². The van der Waals surface area contributed by atoms with E-state index >= 15 is 0 Å². The number of esters is 7. The number of hydrogen-bond acceptors (Lipinski definition) is 23. The van der Waals surface area contributed by atoms with E-state index in [0.717, 1.165) is 6.92 Å². The molecule has 0 radical (unpaired) electrons. The van der Waals surface area contributed by atoms with Crippen LogP contribution in [0.1, 0.15) is 79.4 Å². The van der Waals surface area contributed by atoms with Crippen LogP contribution >= 0.6 is 0 Å². The summed E-state index contributed by atoms with van der Waals surface area (Å²) in [7, 11) is 0. The normalized spacial score (nSPS) is 24.0. The number of benzene rings is 7. The van der Waals surface area contributed by atoms with Crippen LogP contribution in [0.4, 0.5) is 26.3 Å². The molecule has 107 heavy (non-hydrogen) atoms. The highest BCUT2D eigenvalue weighted by Crippen LogP contribution is 2.36. The lowest BCUT2D eigenvalue weighted by Gasteiger charge is -2.48. The third-order valence-electron chi connectivity index (χ3n) is 16.4. The quantitative estimate of drug-likeness (QED) is 0.0121. The van der Waals surface area contributed by atoms with Crippen LogP contribution in [0.15, 0.2) is 217 Å². The number of azide groups is 1. The summed E-state index contributed by atoms with van der Waals surface area (Å²) >= 11 is 0. The summed E-state index contributed by atoms with van der Waals surface area (Å²) < 4.78 is 162. The molecule has 0 unspecified atom stereocenters. The van der Waals surface area contributed by atoms with E-state index in [1.165, 1.54) is 200 Å². The second-order valence-electron chi connectivity index (χ2n) is 23.6. The first-order chi connectivity index (χ1) is 51.3. The summed E-state index contributed by atoms with van der Waals surface area (Å²) in [6.07, 6.45) is -38.9. The molecule has 3 saturated heterocycles. The van der Waals surface area contributed by atoms with E-state index in [9.17, 15) is 79.8 Å². The molecule has 3 aliphatic rings. The fourth-order valence-electron chi connectivity index (χ4n) is 11.4. The fourth-order valence-corrected chi connectivity index (χ4v) is 11.4. The molecule has 0 spiro atoms. The lowest BCUT2D eigenvalue weighted by molar-refractivity contribution is -0.308. The molecule has 0 aromatic heterocycles. The summed E-state index contributed by atoms with van der Waals surface area (Å²) in [5, 5.41) is 9.43. The number of amides is 3. The van der Waals surface area contributed by atoms with Gasteiger partial charge < -0.3 is 72.8 Å². The van der Waals surface area contributed by atoms with Gasteiger partial charge in [0.25, 0.3) is 0 Å². The lowest BCUT2D eigenvalue weighted by Crippen LogP contribution is -2.70. The van der Waals surface area contributed by atoms with Crippen molar-refractivity contribution in [1.82, 2.24) is 16.0 Å². The average molecular weight is 1490 g/mol. The minimum Gasteiger partial charge on any atom is -0.459 e. The van der Waals surface area contributed by atoms with E-state index in [2.05, 4.69) is 15.3 Å². The summed E-state index contributed by atoms with van der Waals surface area (Å²) in [5.74, 6) is -15.3. The highest BCUT2D eigenvalue weighted by Gasteiger charge is 2.59. The van der Waals surface area contributed by atoms with Gasteiger partial charge in [-0.3, -0.25) is 14.4 Å². The van der Waals surface area contributed by atoms with Crippen LogP contribution in [0, 0.1) is 0 Å². The number of ether oxygens (including phenoxy) is 12. The molecule has 3 fully saturated rings. The summed E-state index contributed by atoms with van der Waals surface area (Å²) in [6, 6.07) is 40.7. The Morgan fingerprint density at radius 1 is 0.364 bits per heavy atom. The molecule has 0 bridgehead atoms. The standard InChI is InChI=1S/C73H62F6N6O22/c1-40(86)81-51-57(105-65(91)45-31-17-6-18-32-45)54(102-62(88)42-25-11-3-12-26-42)48(99-60(51)84-85-80)38-97-68-53(83-71(95)73(77,78)79)59(107-67(93)47-35-21-8-22-36-47)56(104-64(90)44-29-15-5-16-30-44)50(101-68)39-98-69-52(82-70(94)72(74,75)76)58(106-66(92)46-33-19-7-20-34-46)55(103-63(89)43-27-13-4-14-28-43)49(100-69)37-96-61(87)41-23-9-2-10-24-41/h2-36,48-60,68-69H,37-39H2,1H3,(H,81,86)(H,82,94)(H,83,95)/t48-,49-,50-,51-,52-,53-,54-,55-,56-,57-,58-,59-,60-,68-,69-/m1/s1. The molecular weight excluding hydrogens is 1430 g/mol. The first kappa shape index (κ1) is 77.5. The van der Waals surface area contributed by atoms with Gasteiger partial charge in [0.1, 0.15) is 43.0 Å². The van der Waals surface area contributed by atoms with Gasteiger partial charge in [-0.25, -0.2) is 33.6 Å². The van der Waals surface area contributed by atoms with Crippen LogP contribution in [0.5, 0.6) is 0 Å². The zero-order chi connectivity index (χ0) is 76.4. The summed E-state index contributed by atoms with van der Waals surface area (Å²) in [6.45, 7) is -2.70. The molecule has 3 amide bonds. The van der Waals surface area contributed by atoms with E-state index in [4.69, 9.17) is 56.8 Å². The molecule has 28 nitrogen and oxygen atoms in total. The number of carbonyl (C=O) groups is 10. The van der Waals surface area contributed by atoms with Gasteiger partial charge in [-0.15, -0.1) is 0 Å². The Bertz CT molecular complexity index is 4310. The Labute approximate surface area is 602 Å². The van der Waals surface area contributed by atoms with Gasteiger partial charge in [0.05, 0.1) is 52.2 Å². The van der Waals surface area contributed by atoms with Crippen molar-refractivity contribution in [3.63, 3.8) is 0 Å². The predicted octanol–water partition coefficient (Wildman–Crippen LogP) is 8.31. The highest BCUT2D eigenvalue weighted by atomic mass is 19.4. The molecular formula is C73H62F6N6O22. The zero-order valence-corrected chi connectivity index (χ0v) is 55.6. The molecule has 7 aromatic carbocycles. The zero-order valence-electron chi connectivity index (χ0n) is 55.6. The van der Waals surface area contributed by atoms with Crippen LogP contribution in [-0.2, 0) is 71.2 Å². The number of nitrogens with one attached hydrogen (secondary N) is 3. The van der Waals surface area contributed by atoms with Crippen molar-refractivity contribution in [3.8, 4) is 0 Å². The summed E-state index contributed by atoms with van der Waals surface area (Å²) in [5.41, 5.74) is 8.43.